The minimum absolute atomic E-state index is 0.0326. The van der Waals surface area contributed by atoms with E-state index in [1.54, 1.807) is 12.1 Å². The molecule has 3 aromatic rings. The summed E-state index contributed by atoms with van der Waals surface area (Å²) >= 11 is 0. The molecule has 0 radical (unpaired) electrons. The Kier molecular flexibility index (Phi) is 7.93. The number of nitrogens with zero attached hydrogens (tertiary/aromatic N) is 3. The molecule has 1 aromatic heterocycles. The molecular formula is C28H35N5O3. The number of anilines is 3. The molecule has 1 aliphatic heterocycles. The molecule has 4 rings (SSSR count). The van der Waals surface area contributed by atoms with Crippen molar-refractivity contribution in [3.8, 4) is 0 Å². The van der Waals surface area contributed by atoms with Gasteiger partial charge < -0.3 is 15.5 Å². The summed E-state index contributed by atoms with van der Waals surface area (Å²) in [5.41, 5.74) is 9.39. The van der Waals surface area contributed by atoms with Gasteiger partial charge >= 0.3 is 5.69 Å². The summed E-state index contributed by atoms with van der Waals surface area (Å²) in [5.74, 6) is -0.276. The summed E-state index contributed by atoms with van der Waals surface area (Å²) in [6, 6.07) is 16.0. The molecule has 1 amide bonds. The van der Waals surface area contributed by atoms with Gasteiger partial charge in [0.1, 0.15) is 5.82 Å². The standard InChI is InChI=1S/C28H35N5O3/c1-3-5-16-32(24-25(29)33(17-6-4-2)28(36)30-26(24)34)27(35)21-11-13-23(14-12-21)31-18-15-20-9-7-8-10-22(20)19-31/h7-14H,3-6,15-19,29H2,1-2H3,(H,30,34,36). The summed E-state index contributed by atoms with van der Waals surface area (Å²) in [6.07, 6.45) is 4.13. The van der Waals surface area contributed by atoms with E-state index in [0.29, 0.717) is 25.1 Å². The average Bonchev–Trinajstić information content (AvgIpc) is 2.89. The van der Waals surface area contributed by atoms with Gasteiger partial charge in [-0.25, -0.2) is 4.79 Å². The zero-order chi connectivity index (χ0) is 25.7. The second-order valence-electron chi connectivity index (χ2n) is 9.30. The van der Waals surface area contributed by atoms with Crippen LogP contribution < -0.4 is 26.8 Å². The molecule has 0 unspecified atom stereocenters. The highest BCUT2D eigenvalue weighted by Crippen LogP contribution is 2.26. The average molecular weight is 490 g/mol. The van der Waals surface area contributed by atoms with E-state index >= 15 is 0 Å². The predicted octanol–water partition coefficient (Wildman–Crippen LogP) is 3.93. The number of rotatable bonds is 9. The minimum Gasteiger partial charge on any atom is -0.383 e. The lowest BCUT2D eigenvalue weighted by molar-refractivity contribution is 0.0986. The molecule has 0 saturated heterocycles. The van der Waals surface area contributed by atoms with Crippen LogP contribution in [-0.2, 0) is 19.5 Å². The van der Waals surface area contributed by atoms with Crippen LogP contribution in [0.5, 0.6) is 0 Å². The highest BCUT2D eigenvalue weighted by Gasteiger charge is 2.25. The van der Waals surface area contributed by atoms with Gasteiger partial charge in [0.2, 0.25) is 0 Å². The number of amides is 1. The number of aromatic nitrogens is 2. The van der Waals surface area contributed by atoms with Gasteiger partial charge in [0.15, 0.2) is 5.69 Å². The van der Waals surface area contributed by atoms with Crippen LogP contribution in [0.4, 0.5) is 17.2 Å². The Hall–Kier alpha value is -3.81. The van der Waals surface area contributed by atoms with Crippen LogP contribution in [0.15, 0.2) is 58.1 Å². The number of nitrogens with one attached hydrogen (secondary N) is 1. The molecule has 0 atom stereocenters. The van der Waals surface area contributed by atoms with E-state index in [4.69, 9.17) is 5.73 Å². The van der Waals surface area contributed by atoms with Crippen LogP contribution in [0.1, 0.15) is 61.0 Å². The minimum atomic E-state index is -0.640. The number of hydrogen-bond donors (Lipinski definition) is 2. The first-order chi connectivity index (χ1) is 17.4. The van der Waals surface area contributed by atoms with E-state index in [1.165, 1.54) is 20.6 Å². The molecule has 1 aliphatic rings. The fourth-order valence-corrected chi connectivity index (χ4v) is 4.69. The summed E-state index contributed by atoms with van der Waals surface area (Å²) < 4.78 is 1.35. The summed E-state index contributed by atoms with van der Waals surface area (Å²) in [4.78, 5) is 44.9. The number of fused-ring (bicyclic) bond motifs is 1. The normalized spacial score (nSPS) is 12.9. The fourth-order valence-electron chi connectivity index (χ4n) is 4.69. The van der Waals surface area contributed by atoms with Crippen LogP contribution in [0.25, 0.3) is 0 Å². The van der Waals surface area contributed by atoms with Crippen molar-refractivity contribution in [2.75, 3.05) is 28.6 Å². The Bertz CT molecular complexity index is 1330. The topological polar surface area (TPSA) is 104 Å². The monoisotopic (exact) mass is 489 g/mol. The Morgan fingerprint density at radius 2 is 1.69 bits per heavy atom. The van der Waals surface area contributed by atoms with E-state index in [-0.39, 0.29) is 17.4 Å². The van der Waals surface area contributed by atoms with Gasteiger partial charge in [-0.05, 0) is 54.7 Å². The molecule has 0 spiro atoms. The Morgan fingerprint density at radius 1 is 1.00 bits per heavy atom. The van der Waals surface area contributed by atoms with Crippen molar-refractivity contribution >= 4 is 23.1 Å². The smallest absolute Gasteiger partial charge is 0.330 e. The molecule has 2 heterocycles. The maximum absolute atomic E-state index is 13.6. The second kappa shape index (κ2) is 11.3. The quantitative estimate of drug-likeness (QED) is 0.474. The molecule has 8 nitrogen and oxygen atoms in total. The lowest BCUT2D eigenvalue weighted by atomic mass is 9.99. The Balaban J connectivity index is 1.62. The zero-order valence-corrected chi connectivity index (χ0v) is 21.1. The molecule has 0 saturated carbocycles. The van der Waals surface area contributed by atoms with Crippen molar-refractivity contribution in [1.29, 1.82) is 0 Å². The van der Waals surface area contributed by atoms with Gasteiger partial charge in [0.25, 0.3) is 11.5 Å². The van der Waals surface area contributed by atoms with E-state index in [1.807, 2.05) is 26.0 Å². The van der Waals surface area contributed by atoms with Gasteiger partial charge in [-0.2, -0.15) is 0 Å². The Labute approximate surface area is 211 Å². The molecule has 2 aromatic carbocycles. The van der Waals surface area contributed by atoms with Gasteiger partial charge in [-0.1, -0.05) is 51.0 Å². The van der Waals surface area contributed by atoms with E-state index in [0.717, 1.165) is 44.5 Å². The van der Waals surface area contributed by atoms with Crippen LogP contribution >= 0.6 is 0 Å². The van der Waals surface area contributed by atoms with Crippen LogP contribution in [-0.4, -0.2) is 28.5 Å². The van der Waals surface area contributed by atoms with Crippen molar-refractivity contribution in [2.45, 2.75) is 59.0 Å². The third kappa shape index (κ3) is 5.22. The van der Waals surface area contributed by atoms with Crippen molar-refractivity contribution < 1.29 is 4.79 Å². The largest absolute Gasteiger partial charge is 0.383 e. The lowest BCUT2D eigenvalue weighted by Crippen LogP contribution is -2.41. The number of carbonyl (C=O) groups excluding carboxylic acids is 1. The van der Waals surface area contributed by atoms with E-state index < -0.39 is 11.2 Å². The fraction of sp³-hybridized carbons (Fsp3) is 0.393. The number of benzene rings is 2. The highest BCUT2D eigenvalue weighted by atomic mass is 16.2. The number of H-pyrrole nitrogens is 1. The second-order valence-corrected chi connectivity index (χ2v) is 9.30. The van der Waals surface area contributed by atoms with Gasteiger partial charge in [-0.15, -0.1) is 0 Å². The van der Waals surface area contributed by atoms with Crippen molar-refractivity contribution in [3.05, 3.63) is 86.1 Å². The van der Waals surface area contributed by atoms with Crippen LogP contribution in [0, 0.1) is 0 Å². The highest BCUT2D eigenvalue weighted by molar-refractivity contribution is 6.07. The van der Waals surface area contributed by atoms with Crippen LogP contribution in [0.3, 0.4) is 0 Å². The first-order valence-corrected chi connectivity index (χ1v) is 12.8. The molecule has 8 heteroatoms. The molecule has 190 valence electrons. The molecule has 3 N–H and O–H groups in total. The maximum atomic E-state index is 13.6. The van der Waals surface area contributed by atoms with Crippen LogP contribution in [0.2, 0.25) is 0 Å². The predicted molar refractivity (Wildman–Crippen MR) is 145 cm³/mol. The number of carbonyl (C=O) groups is 1. The number of unbranched alkanes of at least 4 members (excludes halogenated alkanes) is 2. The molecular weight excluding hydrogens is 454 g/mol. The lowest BCUT2D eigenvalue weighted by Gasteiger charge is -2.31. The Morgan fingerprint density at radius 3 is 2.39 bits per heavy atom. The van der Waals surface area contributed by atoms with Gasteiger partial charge in [-0.3, -0.25) is 19.1 Å². The third-order valence-electron chi connectivity index (χ3n) is 6.81. The summed E-state index contributed by atoms with van der Waals surface area (Å²) in [6.45, 7) is 6.49. The number of hydrogen-bond acceptors (Lipinski definition) is 5. The van der Waals surface area contributed by atoms with E-state index in [2.05, 4.69) is 34.1 Å². The molecule has 36 heavy (non-hydrogen) atoms. The number of nitrogens with two attached hydrogens (primary N) is 1. The van der Waals surface area contributed by atoms with Crippen molar-refractivity contribution in [3.63, 3.8) is 0 Å². The van der Waals surface area contributed by atoms with Gasteiger partial charge in [0, 0.05) is 37.4 Å². The SMILES string of the molecule is CCCCN(C(=O)c1ccc(N2CCc3ccccc3C2)cc1)c1c(N)n(CCCC)c(=O)[nH]c1=O. The first-order valence-electron chi connectivity index (χ1n) is 12.8. The van der Waals surface area contributed by atoms with Crippen molar-refractivity contribution in [2.24, 2.45) is 0 Å². The van der Waals surface area contributed by atoms with Crippen molar-refractivity contribution in [1.82, 2.24) is 9.55 Å². The third-order valence-corrected chi connectivity index (χ3v) is 6.81. The number of aromatic amines is 1. The number of nitrogen functional groups attached to an aromatic ring is 1. The summed E-state index contributed by atoms with van der Waals surface area (Å²) in [7, 11) is 0. The summed E-state index contributed by atoms with van der Waals surface area (Å²) in [5, 5.41) is 0. The molecule has 0 aliphatic carbocycles. The van der Waals surface area contributed by atoms with E-state index in [9.17, 15) is 14.4 Å². The molecule has 0 fully saturated rings. The molecule has 0 bridgehead atoms. The maximum Gasteiger partial charge on any atom is 0.330 e. The van der Waals surface area contributed by atoms with Gasteiger partial charge in [0.05, 0.1) is 0 Å². The zero-order valence-electron chi connectivity index (χ0n) is 21.1. The first kappa shape index (κ1) is 25.3.